The van der Waals surface area contributed by atoms with Gasteiger partial charge in [0.15, 0.2) is 0 Å². The van der Waals surface area contributed by atoms with Crippen LogP contribution < -0.4 is 5.14 Å². The number of rotatable bonds is 3. The number of hydrogen-bond acceptors (Lipinski definition) is 3. The van der Waals surface area contributed by atoms with E-state index in [4.69, 9.17) is 0 Å². The minimum atomic E-state index is -3.67. The first-order valence-corrected chi connectivity index (χ1v) is 4.82. The summed E-state index contributed by atoms with van der Waals surface area (Å²) in [7, 11) is -2.15. The van der Waals surface area contributed by atoms with Gasteiger partial charge in [0, 0.05) is 13.6 Å². The van der Waals surface area contributed by atoms with E-state index in [1.54, 1.807) is 6.92 Å². The molecule has 0 aliphatic heterocycles. The SMILES string of the molecule is CCN(C)C(=O)CS(N)(=O)=O. The Kier molecular flexibility index (Phi) is 3.47. The molecule has 0 aromatic heterocycles. The van der Waals surface area contributed by atoms with E-state index in [9.17, 15) is 13.2 Å². The largest absolute Gasteiger partial charge is 0.345 e. The zero-order valence-electron chi connectivity index (χ0n) is 6.57. The highest BCUT2D eigenvalue weighted by Gasteiger charge is 2.13. The number of sulfonamides is 1. The van der Waals surface area contributed by atoms with Crippen LogP contribution in [0.3, 0.4) is 0 Å². The molecule has 0 saturated heterocycles. The zero-order chi connectivity index (χ0) is 9.07. The molecule has 0 bridgehead atoms. The molecule has 0 unspecified atom stereocenters. The lowest BCUT2D eigenvalue weighted by Gasteiger charge is -2.12. The highest BCUT2D eigenvalue weighted by molar-refractivity contribution is 7.89. The molecule has 0 aliphatic rings. The molecule has 0 fully saturated rings. The fourth-order valence-electron chi connectivity index (χ4n) is 0.459. The van der Waals surface area contributed by atoms with Crippen molar-refractivity contribution in [3.63, 3.8) is 0 Å². The summed E-state index contributed by atoms with van der Waals surface area (Å²) in [4.78, 5) is 12.2. The van der Waals surface area contributed by atoms with Crippen LogP contribution in [0.1, 0.15) is 6.92 Å². The van der Waals surface area contributed by atoms with Crippen molar-refractivity contribution in [3.05, 3.63) is 0 Å². The minimum Gasteiger partial charge on any atom is -0.345 e. The lowest BCUT2D eigenvalue weighted by Crippen LogP contribution is -2.34. The molecule has 0 radical (unpaired) electrons. The molecule has 0 rings (SSSR count). The normalized spacial score (nSPS) is 11.2. The first-order chi connectivity index (χ1) is 4.87. The summed E-state index contributed by atoms with van der Waals surface area (Å²) < 4.78 is 20.8. The van der Waals surface area contributed by atoms with Gasteiger partial charge in [-0.25, -0.2) is 13.6 Å². The average Bonchev–Trinajstić information content (AvgIpc) is 1.82. The molecule has 1 amide bonds. The third-order valence-corrected chi connectivity index (χ3v) is 1.87. The second kappa shape index (κ2) is 3.68. The molecule has 0 atom stereocenters. The number of nitrogens with two attached hydrogens (primary N) is 1. The topological polar surface area (TPSA) is 80.5 Å². The van der Waals surface area contributed by atoms with E-state index in [0.29, 0.717) is 6.54 Å². The molecule has 0 aromatic carbocycles. The van der Waals surface area contributed by atoms with Gasteiger partial charge in [0.05, 0.1) is 0 Å². The maximum absolute atomic E-state index is 10.9. The van der Waals surface area contributed by atoms with Crippen molar-refractivity contribution in [1.82, 2.24) is 4.90 Å². The molecule has 5 nitrogen and oxygen atoms in total. The van der Waals surface area contributed by atoms with Crippen molar-refractivity contribution in [2.24, 2.45) is 5.14 Å². The van der Waals surface area contributed by atoms with Gasteiger partial charge >= 0.3 is 0 Å². The van der Waals surface area contributed by atoms with Crippen molar-refractivity contribution >= 4 is 15.9 Å². The summed E-state index contributed by atoms with van der Waals surface area (Å²) in [6.07, 6.45) is 0. The van der Waals surface area contributed by atoms with E-state index in [-0.39, 0.29) is 0 Å². The van der Waals surface area contributed by atoms with Gasteiger partial charge in [-0.05, 0) is 6.92 Å². The second-order valence-corrected chi connectivity index (χ2v) is 3.83. The van der Waals surface area contributed by atoms with Crippen molar-refractivity contribution in [1.29, 1.82) is 0 Å². The predicted octanol–water partition coefficient (Wildman–Crippen LogP) is -1.25. The van der Waals surface area contributed by atoms with Crippen molar-refractivity contribution in [3.8, 4) is 0 Å². The summed E-state index contributed by atoms with van der Waals surface area (Å²) in [5.41, 5.74) is 0. The van der Waals surface area contributed by atoms with E-state index in [1.807, 2.05) is 0 Å². The Morgan fingerprint density at radius 3 is 2.27 bits per heavy atom. The van der Waals surface area contributed by atoms with E-state index in [1.165, 1.54) is 11.9 Å². The van der Waals surface area contributed by atoms with Crippen molar-refractivity contribution < 1.29 is 13.2 Å². The molecule has 0 aliphatic carbocycles. The van der Waals surface area contributed by atoms with Crippen LogP contribution in [-0.4, -0.2) is 38.6 Å². The van der Waals surface area contributed by atoms with E-state index in [0.717, 1.165) is 0 Å². The van der Waals surface area contributed by atoms with Crippen LogP contribution >= 0.6 is 0 Å². The summed E-state index contributed by atoms with van der Waals surface area (Å²) in [6, 6.07) is 0. The second-order valence-electron chi connectivity index (χ2n) is 2.22. The van der Waals surface area contributed by atoms with Crippen LogP contribution in [0.2, 0.25) is 0 Å². The van der Waals surface area contributed by atoms with Gasteiger partial charge in [-0.15, -0.1) is 0 Å². The Morgan fingerprint density at radius 1 is 1.55 bits per heavy atom. The maximum Gasteiger partial charge on any atom is 0.238 e. The molecule has 0 spiro atoms. The van der Waals surface area contributed by atoms with Gasteiger partial charge in [0.1, 0.15) is 5.75 Å². The lowest BCUT2D eigenvalue weighted by molar-refractivity contribution is -0.126. The summed E-state index contributed by atoms with van der Waals surface area (Å²) in [5, 5.41) is 4.65. The standard InChI is InChI=1S/C5H12N2O3S/c1-3-7(2)5(8)4-11(6,9)10/h3-4H2,1-2H3,(H2,6,9,10). The molecular weight excluding hydrogens is 168 g/mol. The lowest BCUT2D eigenvalue weighted by atomic mass is 10.5. The Bertz CT molecular complexity index is 234. The van der Waals surface area contributed by atoms with Gasteiger partial charge in [-0.1, -0.05) is 0 Å². The number of primary sulfonamides is 1. The Labute approximate surface area is 66.2 Å². The van der Waals surface area contributed by atoms with Gasteiger partial charge < -0.3 is 4.90 Å². The number of amides is 1. The highest BCUT2D eigenvalue weighted by atomic mass is 32.2. The zero-order valence-corrected chi connectivity index (χ0v) is 7.39. The van der Waals surface area contributed by atoms with Crippen molar-refractivity contribution in [2.75, 3.05) is 19.3 Å². The van der Waals surface area contributed by atoms with E-state index >= 15 is 0 Å². The quantitative estimate of drug-likeness (QED) is 0.589. The van der Waals surface area contributed by atoms with Crippen LogP contribution in [0.25, 0.3) is 0 Å². The Hall–Kier alpha value is -0.620. The van der Waals surface area contributed by atoms with Gasteiger partial charge in [-0.3, -0.25) is 4.79 Å². The van der Waals surface area contributed by atoms with Gasteiger partial charge in [-0.2, -0.15) is 0 Å². The van der Waals surface area contributed by atoms with Crippen LogP contribution in [0.5, 0.6) is 0 Å². The summed E-state index contributed by atoms with van der Waals surface area (Å²) in [5.74, 6) is -1.09. The molecule has 11 heavy (non-hydrogen) atoms. The Morgan fingerprint density at radius 2 is 2.00 bits per heavy atom. The first kappa shape index (κ1) is 10.4. The van der Waals surface area contributed by atoms with Gasteiger partial charge in [0.25, 0.3) is 0 Å². The van der Waals surface area contributed by atoms with Gasteiger partial charge in [0.2, 0.25) is 15.9 Å². The molecule has 0 saturated carbocycles. The molecule has 0 heterocycles. The number of carbonyl (C=O) groups is 1. The fourth-order valence-corrected chi connectivity index (χ4v) is 1.02. The minimum absolute atomic E-state index is 0.477. The predicted molar refractivity (Wildman–Crippen MR) is 41.3 cm³/mol. The maximum atomic E-state index is 10.9. The van der Waals surface area contributed by atoms with Crippen LogP contribution in [0.4, 0.5) is 0 Å². The summed E-state index contributed by atoms with van der Waals surface area (Å²) in [6.45, 7) is 2.23. The number of carbonyl (C=O) groups excluding carboxylic acids is 1. The molecular formula is C5H12N2O3S. The number of hydrogen-bond donors (Lipinski definition) is 1. The monoisotopic (exact) mass is 180 g/mol. The summed E-state index contributed by atoms with van der Waals surface area (Å²) >= 11 is 0. The first-order valence-electron chi connectivity index (χ1n) is 3.11. The van der Waals surface area contributed by atoms with Crippen molar-refractivity contribution in [2.45, 2.75) is 6.92 Å². The number of nitrogens with zero attached hydrogens (tertiary/aromatic N) is 1. The third-order valence-electron chi connectivity index (χ3n) is 1.22. The highest BCUT2D eigenvalue weighted by Crippen LogP contribution is 1.86. The van der Waals surface area contributed by atoms with Crippen LogP contribution in [-0.2, 0) is 14.8 Å². The molecule has 6 heteroatoms. The van der Waals surface area contributed by atoms with Crippen LogP contribution in [0.15, 0.2) is 0 Å². The smallest absolute Gasteiger partial charge is 0.238 e. The Balaban J connectivity index is 4.10. The van der Waals surface area contributed by atoms with E-state index in [2.05, 4.69) is 5.14 Å². The molecule has 0 aromatic rings. The van der Waals surface area contributed by atoms with Crippen LogP contribution in [0, 0.1) is 0 Å². The van der Waals surface area contributed by atoms with E-state index < -0.39 is 21.7 Å². The third kappa shape index (κ3) is 4.74. The fraction of sp³-hybridized carbons (Fsp3) is 0.800. The molecule has 66 valence electrons. The average molecular weight is 180 g/mol. The molecule has 2 N–H and O–H groups in total.